The number of amides is 1. The maximum absolute atomic E-state index is 12.6. The molecule has 5 heteroatoms. The highest BCUT2D eigenvalue weighted by molar-refractivity contribution is 7.99. The molecule has 1 heterocycles. The second-order valence-corrected chi connectivity index (χ2v) is 7.92. The molecule has 0 aliphatic carbocycles. The van der Waals surface area contributed by atoms with Gasteiger partial charge in [-0.25, -0.2) is 4.98 Å². The van der Waals surface area contributed by atoms with E-state index in [2.05, 4.69) is 23.2 Å². The predicted molar refractivity (Wildman–Crippen MR) is 119 cm³/mol. The van der Waals surface area contributed by atoms with E-state index in [9.17, 15) is 4.79 Å². The zero-order valence-corrected chi connectivity index (χ0v) is 17.3. The van der Waals surface area contributed by atoms with Crippen molar-refractivity contribution in [3.05, 3.63) is 78.4 Å². The first-order valence-corrected chi connectivity index (χ1v) is 10.4. The number of hydrogen-bond acceptors (Lipinski definition) is 4. The Morgan fingerprint density at radius 1 is 0.966 bits per heavy atom. The monoisotopic (exact) mass is 402 g/mol. The van der Waals surface area contributed by atoms with Crippen LogP contribution < -0.4 is 4.74 Å². The van der Waals surface area contributed by atoms with Crippen LogP contribution in [0.1, 0.15) is 5.56 Å². The third kappa shape index (κ3) is 4.51. The Kier molecular flexibility index (Phi) is 5.67. The van der Waals surface area contributed by atoms with Gasteiger partial charge in [-0.2, -0.15) is 0 Å². The lowest BCUT2D eigenvalue weighted by atomic mass is 10.1. The molecule has 1 aromatic heterocycles. The van der Waals surface area contributed by atoms with Crippen LogP contribution in [0.3, 0.4) is 0 Å². The van der Waals surface area contributed by atoms with Crippen molar-refractivity contribution in [2.75, 3.05) is 19.9 Å². The fraction of sp³-hybridized carbons (Fsp3) is 0.167. The van der Waals surface area contributed by atoms with Crippen LogP contribution in [-0.2, 0) is 11.3 Å². The number of nitrogens with zero attached hydrogens (tertiary/aromatic N) is 2. The molecule has 0 saturated heterocycles. The minimum absolute atomic E-state index is 0.0831. The molecule has 0 fully saturated rings. The number of carbonyl (C=O) groups excluding carboxylic acids is 1. The molecular formula is C24H22N2O2S. The van der Waals surface area contributed by atoms with Crippen molar-refractivity contribution >= 4 is 39.3 Å². The molecular weight excluding hydrogens is 380 g/mol. The van der Waals surface area contributed by atoms with E-state index in [-0.39, 0.29) is 5.91 Å². The standard InChI is InChI=1S/C24H22N2O2S/c1-26(15-17-7-8-20-14-21(28-2)11-9-19(20)13-17)24(27)16-29-23-12-10-18-5-3-4-6-22(18)25-23/h3-14H,15-16H2,1-2H3. The number of benzene rings is 3. The highest BCUT2D eigenvalue weighted by atomic mass is 32.2. The molecule has 3 aromatic carbocycles. The van der Waals surface area contributed by atoms with E-state index in [1.54, 1.807) is 12.0 Å². The van der Waals surface area contributed by atoms with Gasteiger partial charge < -0.3 is 9.64 Å². The number of fused-ring (bicyclic) bond motifs is 2. The van der Waals surface area contributed by atoms with Gasteiger partial charge in [0.15, 0.2) is 0 Å². The number of hydrogen-bond donors (Lipinski definition) is 0. The fourth-order valence-electron chi connectivity index (χ4n) is 3.23. The molecule has 0 N–H and O–H groups in total. The topological polar surface area (TPSA) is 42.4 Å². The largest absolute Gasteiger partial charge is 0.497 e. The third-order valence-electron chi connectivity index (χ3n) is 4.87. The molecule has 4 nitrogen and oxygen atoms in total. The summed E-state index contributed by atoms with van der Waals surface area (Å²) < 4.78 is 5.28. The molecule has 0 aliphatic rings. The van der Waals surface area contributed by atoms with Gasteiger partial charge in [-0.1, -0.05) is 54.2 Å². The van der Waals surface area contributed by atoms with E-state index in [4.69, 9.17) is 4.74 Å². The van der Waals surface area contributed by atoms with Crippen LogP contribution in [0.5, 0.6) is 5.75 Å². The van der Waals surface area contributed by atoms with E-state index in [0.29, 0.717) is 12.3 Å². The minimum atomic E-state index is 0.0831. The molecule has 0 bridgehead atoms. The smallest absolute Gasteiger partial charge is 0.233 e. The molecule has 4 rings (SSSR count). The number of thioether (sulfide) groups is 1. The third-order valence-corrected chi connectivity index (χ3v) is 5.79. The van der Waals surface area contributed by atoms with Crippen molar-refractivity contribution in [3.63, 3.8) is 0 Å². The summed E-state index contributed by atoms with van der Waals surface area (Å²) in [5, 5.41) is 4.23. The van der Waals surface area contributed by atoms with E-state index in [1.807, 2.05) is 61.6 Å². The van der Waals surface area contributed by atoms with Crippen LogP contribution in [-0.4, -0.2) is 35.7 Å². The number of carbonyl (C=O) groups is 1. The van der Waals surface area contributed by atoms with Crippen LogP contribution in [0.25, 0.3) is 21.7 Å². The van der Waals surface area contributed by atoms with Crippen LogP contribution >= 0.6 is 11.8 Å². The van der Waals surface area contributed by atoms with E-state index >= 15 is 0 Å². The van der Waals surface area contributed by atoms with Gasteiger partial charge >= 0.3 is 0 Å². The summed E-state index contributed by atoms with van der Waals surface area (Å²) in [6.45, 7) is 0.576. The summed E-state index contributed by atoms with van der Waals surface area (Å²) in [6, 6.07) is 24.3. The Labute approximate surface area is 174 Å². The summed E-state index contributed by atoms with van der Waals surface area (Å²) in [4.78, 5) is 19.0. The number of pyridine rings is 1. The summed E-state index contributed by atoms with van der Waals surface area (Å²) in [5.41, 5.74) is 2.05. The number of aromatic nitrogens is 1. The quantitative estimate of drug-likeness (QED) is 0.419. The molecule has 0 atom stereocenters. The average Bonchev–Trinajstić information content (AvgIpc) is 2.76. The highest BCUT2D eigenvalue weighted by Gasteiger charge is 2.11. The summed E-state index contributed by atoms with van der Waals surface area (Å²) in [6.07, 6.45) is 0. The molecule has 146 valence electrons. The van der Waals surface area contributed by atoms with Crippen molar-refractivity contribution in [2.24, 2.45) is 0 Å². The maximum Gasteiger partial charge on any atom is 0.233 e. The Bertz CT molecular complexity index is 1180. The first-order valence-electron chi connectivity index (χ1n) is 9.41. The Morgan fingerprint density at radius 2 is 1.72 bits per heavy atom. The Balaban J connectivity index is 1.39. The van der Waals surface area contributed by atoms with Crippen LogP contribution in [0.15, 0.2) is 77.8 Å². The normalized spacial score (nSPS) is 11.0. The molecule has 29 heavy (non-hydrogen) atoms. The van der Waals surface area contributed by atoms with E-state index in [1.165, 1.54) is 11.8 Å². The van der Waals surface area contributed by atoms with Gasteiger partial charge in [0.05, 0.1) is 23.4 Å². The molecule has 1 amide bonds. The number of ether oxygens (including phenoxy) is 1. The lowest BCUT2D eigenvalue weighted by molar-refractivity contribution is -0.127. The average molecular weight is 403 g/mol. The zero-order chi connectivity index (χ0) is 20.2. The molecule has 0 aliphatic heterocycles. The number of methoxy groups -OCH3 is 1. The molecule has 0 saturated carbocycles. The van der Waals surface area contributed by atoms with Gasteiger partial charge in [0.2, 0.25) is 5.91 Å². The van der Waals surface area contributed by atoms with E-state index < -0.39 is 0 Å². The first-order chi connectivity index (χ1) is 14.1. The van der Waals surface area contributed by atoms with Crippen molar-refractivity contribution < 1.29 is 9.53 Å². The van der Waals surface area contributed by atoms with Crippen LogP contribution in [0.2, 0.25) is 0 Å². The summed E-state index contributed by atoms with van der Waals surface area (Å²) in [7, 11) is 3.51. The second kappa shape index (κ2) is 8.53. The summed E-state index contributed by atoms with van der Waals surface area (Å²) >= 11 is 1.47. The molecule has 0 radical (unpaired) electrons. The van der Waals surface area contributed by atoms with Crippen LogP contribution in [0, 0.1) is 0 Å². The first kappa shape index (κ1) is 19.3. The van der Waals surface area contributed by atoms with E-state index in [0.717, 1.165) is 38.0 Å². The summed E-state index contributed by atoms with van der Waals surface area (Å²) in [5.74, 6) is 1.30. The predicted octanol–water partition coefficient (Wildman–Crippen LogP) is 5.15. The lowest BCUT2D eigenvalue weighted by Crippen LogP contribution is -2.27. The van der Waals surface area contributed by atoms with Gasteiger partial charge in [-0.05, 0) is 46.7 Å². The van der Waals surface area contributed by atoms with Gasteiger partial charge in [0.1, 0.15) is 5.75 Å². The van der Waals surface area contributed by atoms with Crippen molar-refractivity contribution in [1.29, 1.82) is 0 Å². The van der Waals surface area contributed by atoms with Crippen molar-refractivity contribution in [1.82, 2.24) is 9.88 Å². The number of rotatable bonds is 6. The van der Waals surface area contributed by atoms with Gasteiger partial charge in [-0.15, -0.1) is 0 Å². The molecule has 4 aromatic rings. The van der Waals surface area contributed by atoms with Gasteiger partial charge in [0, 0.05) is 19.0 Å². The van der Waals surface area contributed by atoms with Gasteiger partial charge in [0.25, 0.3) is 0 Å². The van der Waals surface area contributed by atoms with Gasteiger partial charge in [-0.3, -0.25) is 4.79 Å². The SMILES string of the molecule is COc1ccc2cc(CN(C)C(=O)CSc3ccc4ccccc4n3)ccc2c1. The second-order valence-electron chi connectivity index (χ2n) is 6.93. The van der Waals surface area contributed by atoms with Crippen molar-refractivity contribution in [2.45, 2.75) is 11.6 Å². The minimum Gasteiger partial charge on any atom is -0.497 e. The lowest BCUT2D eigenvalue weighted by Gasteiger charge is -2.17. The zero-order valence-electron chi connectivity index (χ0n) is 16.5. The number of para-hydroxylation sites is 1. The molecule has 0 spiro atoms. The fourth-order valence-corrected chi connectivity index (χ4v) is 4.05. The Morgan fingerprint density at radius 3 is 2.59 bits per heavy atom. The maximum atomic E-state index is 12.6. The highest BCUT2D eigenvalue weighted by Crippen LogP contribution is 2.23. The molecule has 0 unspecified atom stereocenters. The van der Waals surface area contributed by atoms with Crippen molar-refractivity contribution in [3.8, 4) is 5.75 Å². The Hall–Kier alpha value is -3.05. The van der Waals surface area contributed by atoms with Crippen LogP contribution in [0.4, 0.5) is 0 Å².